The number of fused-ring (bicyclic) bond motifs is 1. The lowest BCUT2D eigenvalue weighted by Crippen LogP contribution is -2.25. The van der Waals surface area contributed by atoms with E-state index in [1.54, 1.807) is 0 Å². The maximum absolute atomic E-state index is 11.8. The molecular weight excluding hydrogens is 206 g/mol. The monoisotopic (exact) mass is 223 g/mol. The van der Waals surface area contributed by atoms with Crippen LogP contribution in [0.3, 0.4) is 0 Å². The Kier molecular flexibility index (Phi) is 3.36. The van der Waals surface area contributed by atoms with E-state index < -0.39 is 0 Å². The van der Waals surface area contributed by atoms with Gasteiger partial charge in [-0.05, 0) is 6.92 Å². The second kappa shape index (κ2) is 4.76. The first-order chi connectivity index (χ1) is 7.66. The number of hydrogen-bond donors (Lipinski definition) is 2. The van der Waals surface area contributed by atoms with E-state index >= 15 is 0 Å². The minimum absolute atomic E-state index is 0.00299. The van der Waals surface area contributed by atoms with Crippen LogP contribution in [0.4, 0.5) is 0 Å². The quantitative estimate of drug-likeness (QED) is 0.726. The molecule has 0 radical (unpaired) electrons. The van der Waals surface area contributed by atoms with Crippen LogP contribution < -0.4 is 11.3 Å². The van der Waals surface area contributed by atoms with Crippen molar-refractivity contribution in [1.82, 2.24) is 9.97 Å². The molecule has 1 aromatic rings. The van der Waals surface area contributed by atoms with E-state index in [1.807, 2.05) is 6.92 Å². The molecule has 1 aromatic heterocycles. The minimum Gasteiger partial charge on any atom is -0.381 e. The van der Waals surface area contributed by atoms with Gasteiger partial charge in [-0.3, -0.25) is 4.79 Å². The first kappa shape index (κ1) is 11.3. The standard InChI is InChI=1S/C11H17N3O2/c1-7(12)6-10-13-9-3-5-16-4-2-8(9)11(15)14-10/h7H,2-6,12H2,1H3,(H,13,14,15). The molecule has 0 amide bonds. The van der Waals surface area contributed by atoms with Gasteiger partial charge in [0.1, 0.15) is 5.82 Å². The third kappa shape index (κ3) is 2.48. The number of hydrogen-bond acceptors (Lipinski definition) is 4. The van der Waals surface area contributed by atoms with E-state index in [0.717, 1.165) is 11.3 Å². The van der Waals surface area contributed by atoms with Crippen molar-refractivity contribution in [2.45, 2.75) is 32.2 Å². The first-order valence-corrected chi connectivity index (χ1v) is 5.61. The van der Waals surface area contributed by atoms with Crippen molar-refractivity contribution in [1.29, 1.82) is 0 Å². The smallest absolute Gasteiger partial charge is 0.254 e. The molecule has 0 bridgehead atoms. The van der Waals surface area contributed by atoms with Gasteiger partial charge >= 0.3 is 0 Å². The van der Waals surface area contributed by atoms with Gasteiger partial charge in [0.2, 0.25) is 0 Å². The molecule has 1 atom stereocenters. The molecule has 1 unspecified atom stereocenters. The van der Waals surface area contributed by atoms with E-state index in [9.17, 15) is 4.79 Å². The Morgan fingerprint density at radius 2 is 2.25 bits per heavy atom. The lowest BCUT2D eigenvalue weighted by atomic mass is 10.1. The van der Waals surface area contributed by atoms with Crippen LogP contribution in [-0.4, -0.2) is 29.2 Å². The second-order valence-corrected chi connectivity index (χ2v) is 4.23. The summed E-state index contributed by atoms with van der Waals surface area (Å²) < 4.78 is 5.34. The van der Waals surface area contributed by atoms with Crippen LogP contribution >= 0.6 is 0 Å². The molecule has 0 aromatic carbocycles. The van der Waals surface area contributed by atoms with Gasteiger partial charge in [-0.15, -0.1) is 0 Å². The van der Waals surface area contributed by atoms with Crippen LogP contribution in [0, 0.1) is 0 Å². The van der Waals surface area contributed by atoms with Gasteiger partial charge in [-0.2, -0.15) is 0 Å². The summed E-state index contributed by atoms with van der Waals surface area (Å²) in [5.74, 6) is 0.681. The number of ether oxygens (including phenoxy) is 1. The van der Waals surface area contributed by atoms with Gasteiger partial charge in [0.25, 0.3) is 5.56 Å². The highest BCUT2D eigenvalue weighted by atomic mass is 16.5. The van der Waals surface area contributed by atoms with E-state index in [0.29, 0.717) is 38.3 Å². The van der Waals surface area contributed by atoms with Crippen molar-refractivity contribution >= 4 is 0 Å². The molecule has 0 aliphatic carbocycles. The molecule has 5 heteroatoms. The van der Waals surface area contributed by atoms with Crippen molar-refractivity contribution < 1.29 is 4.74 Å². The van der Waals surface area contributed by atoms with Crippen molar-refractivity contribution in [3.05, 3.63) is 27.4 Å². The third-order valence-corrected chi connectivity index (χ3v) is 2.65. The first-order valence-electron chi connectivity index (χ1n) is 5.61. The van der Waals surface area contributed by atoms with Crippen LogP contribution in [0.2, 0.25) is 0 Å². The molecule has 5 nitrogen and oxygen atoms in total. The molecule has 3 N–H and O–H groups in total. The average molecular weight is 223 g/mol. The van der Waals surface area contributed by atoms with E-state index in [1.165, 1.54) is 0 Å². The molecule has 0 saturated carbocycles. The van der Waals surface area contributed by atoms with Crippen molar-refractivity contribution in [2.75, 3.05) is 13.2 Å². The number of H-pyrrole nitrogens is 1. The minimum atomic E-state index is -0.0360. The highest BCUT2D eigenvalue weighted by molar-refractivity contribution is 5.19. The molecule has 0 spiro atoms. The fraction of sp³-hybridized carbons (Fsp3) is 0.636. The van der Waals surface area contributed by atoms with E-state index in [-0.39, 0.29) is 11.6 Å². The van der Waals surface area contributed by atoms with Crippen LogP contribution in [0.1, 0.15) is 24.0 Å². The Hall–Kier alpha value is -1.20. The summed E-state index contributed by atoms with van der Waals surface area (Å²) in [7, 11) is 0. The fourth-order valence-electron chi connectivity index (χ4n) is 1.91. The van der Waals surface area contributed by atoms with E-state index in [4.69, 9.17) is 10.5 Å². The number of nitrogens with one attached hydrogen (secondary N) is 1. The van der Waals surface area contributed by atoms with Crippen LogP contribution in [0.25, 0.3) is 0 Å². The van der Waals surface area contributed by atoms with Crippen LogP contribution in [0.15, 0.2) is 4.79 Å². The van der Waals surface area contributed by atoms with Crippen molar-refractivity contribution in [3.63, 3.8) is 0 Å². The van der Waals surface area contributed by atoms with Crippen molar-refractivity contribution in [2.24, 2.45) is 5.73 Å². The summed E-state index contributed by atoms with van der Waals surface area (Å²) in [5, 5.41) is 0. The zero-order valence-electron chi connectivity index (χ0n) is 9.45. The molecule has 2 heterocycles. The molecular formula is C11H17N3O2. The van der Waals surface area contributed by atoms with Gasteiger partial charge in [0.15, 0.2) is 0 Å². The lowest BCUT2D eigenvalue weighted by molar-refractivity contribution is 0.146. The van der Waals surface area contributed by atoms with E-state index in [2.05, 4.69) is 9.97 Å². The molecule has 1 aliphatic rings. The maximum atomic E-state index is 11.8. The Morgan fingerprint density at radius 3 is 3.00 bits per heavy atom. The normalized spacial score (nSPS) is 17.6. The molecule has 0 saturated heterocycles. The Morgan fingerprint density at radius 1 is 1.50 bits per heavy atom. The molecule has 2 rings (SSSR count). The van der Waals surface area contributed by atoms with Gasteiger partial charge < -0.3 is 15.5 Å². The molecule has 0 fully saturated rings. The maximum Gasteiger partial charge on any atom is 0.254 e. The highest BCUT2D eigenvalue weighted by Crippen LogP contribution is 2.08. The summed E-state index contributed by atoms with van der Waals surface area (Å²) in [5.41, 5.74) is 7.30. The summed E-state index contributed by atoms with van der Waals surface area (Å²) in [6.07, 6.45) is 1.96. The van der Waals surface area contributed by atoms with Gasteiger partial charge in [0.05, 0.1) is 18.9 Å². The topological polar surface area (TPSA) is 81.0 Å². The summed E-state index contributed by atoms with van der Waals surface area (Å²) in [6, 6.07) is 0.00299. The largest absolute Gasteiger partial charge is 0.381 e. The highest BCUT2D eigenvalue weighted by Gasteiger charge is 2.14. The second-order valence-electron chi connectivity index (χ2n) is 4.23. The van der Waals surface area contributed by atoms with Crippen LogP contribution in [-0.2, 0) is 24.0 Å². The number of nitrogens with two attached hydrogens (primary N) is 1. The molecule has 1 aliphatic heterocycles. The van der Waals surface area contributed by atoms with Crippen LogP contribution in [0.5, 0.6) is 0 Å². The number of nitrogens with zero attached hydrogens (tertiary/aromatic N) is 1. The Bertz CT molecular complexity index is 426. The fourth-order valence-corrected chi connectivity index (χ4v) is 1.91. The molecule has 16 heavy (non-hydrogen) atoms. The number of aromatic nitrogens is 2. The number of aromatic amines is 1. The average Bonchev–Trinajstić information content (AvgIpc) is 2.41. The Labute approximate surface area is 94.0 Å². The zero-order chi connectivity index (χ0) is 11.5. The lowest BCUT2D eigenvalue weighted by Gasteiger charge is -2.08. The van der Waals surface area contributed by atoms with Gasteiger partial charge in [0, 0.05) is 30.9 Å². The third-order valence-electron chi connectivity index (χ3n) is 2.65. The van der Waals surface area contributed by atoms with Crippen molar-refractivity contribution in [3.8, 4) is 0 Å². The SMILES string of the molecule is CC(N)Cc1nc2c(c(=O)[nH]1)CCOCC2. The van der Waals surface area contributed by atoms with Gasteiger partial charge in [-0.1, -0.05) is 0 Å². The predicted molar refractivity (Wildman–Crippen MR) is 60.4 cm³/mol. The predicted octanol–water partition coefficient (Wildman–Crippen LogP) is -0.225. The molecule has 88 valence electrons. The summed E-state index contributed by atoms with van der Waals surface area (Å²) in [6.45, 7) is 3.14. The Balaban J connectivity index is 2.36. The summed E-state index contributed by atoms with van der Waals surface area (Å²) in [4.78, 5) is 19.1. The van der Waals surface area contributed by atoms with Gasteiger partial charge in [-0.25, -0.2) is 4.98 Å². The number of rotatable bonds is 2. The zero-order valence-corrected chi connectivity index (χ0v) is 9.45. The summed E-state index contributed by atoms with van der Waals surface area (Å²) >= 11 is 0.